The summed E-state index contributed by atoms with van der Waals surface area (Å²) in [5.74, 6) is 0.266. The van der Waals surface area contributed by atoms with Gasteiger partial charge in [-0.05, 0) is 12.5 Å². The molecule has 1 saturated heterocycles. The van der Waals surface area contributed by atoms with Crippen LogP contribution in [0.15, 0.2) is 18.9 Å². The second-order valence-electron chi connectivity index (χ2n) is 5.74. The Morgan fingerprint density at radius 2 is 2.29 bits per heavy atom. The van der Waals surface area contributed by atoms with Crippen molar-refractivity contribution < 1.29 is 9.59 Å². The highest BCUT2D eigenvalue weighted by Crippen LogP contribution is 2.21. The molecule has 0 radical (unpaired) electrons. The molecule has 0 aliphatic carbocycles. The molecule has 1 aliphatic heterocycles. The van der Waals surface area contributed by atoms with E-state index in [9.17, 15) is 9.59 Å². The molecule has 6 heteroatoms. The van der Waals surface area contributed by atoms with Crippen LogP contribution in [0.25, 0.3) is 0 Å². The van der Waals surface area contributed by atoms with E-state index in [2.05, 4.69) is 16.9 Å². The number of hydrogen-bond acceptors (Lipinski definition) is 4. The van der Waals surface area contributed by atoms with Crippen molar-refractivity contribution in [2.45, 2.75) is 39.2 Å². The van der Waals surface area contributed by atoms with E-state index in [0.29, 0.717) is 19.4 Å². The smallest absolute Gasteiger partial charge is 0.246 e. The maximum atomic E-state index is 11.6. The zero-order valence-corrected chi connectivity index (χ0v) is 12.7. The molecule has 0 N–H and O–H groups in total. The molecule has 2 rings (SSSR count). The number of amides is 1. The average Bonchev–Trinajstić information content (AvgIpc) is 3.12. The van der Waals surface area contributed by atoms with Crippen LogP contribution < -0.4 is 0 Å². The van der Waals surface area contributed by atoms with Gasteiger partial charge in [0, 0.05) is 38.0 Å². The van der Waals surface area contributed by atoms with Crippen molar-refractivity contribution in [3.63, 3.8) is 0 Å². The summed E-state index contributed by atoms with van der Waals surface area (Å²) in [6, 6.07) is 0.163. The minimum Gasteiger partial charge on any atom is -0.337 e. The summed E-state index contributed by atoms with van der Waals surface area (Å²) >= 11 is 0. The van der Waals surface area contributed by atoms with Crippen LogP contribution in [-0.4, -0.2) is 44.7 Å². The summed E-state index contributed by atoms with van der Waals surface area (Å²) in [5.41, 5.74) is 0.831. The molecule has 1 unspecified atom stereocenters. The predicted octanol–water partition coefficient (Wildman–Crippen LogP) is 1.40. The molecule has 1 atom stereocenters. The van der Waals surface area contributed by atoms with Crippen molar-refractivity contribution >= 4 is 11.7 Å². The molecule has 1 amide bonds. The van der Waals surface area contributed by atoms with E-state index >= 15 is 0 Å². The van der Waals surface area contributed by atoms with Gasteiger partial charge in [0.2, 0.25) is 5.91 Å². The normalized spacial score (nSPS) is 18.2. The molecule has 1 aliphatic rings. The van der Waals surface area contributed by atoms with E-state index in [1.54, 1.807) is 4.90 Å². The summed E-state index contributed by atoms with van der Waals surface area (Å²) < 4.78 is 1.81. The highest BCUT2D eigenvalue weighted by Gasteiger charge is 2.27. The van der Waals surface area contributed by atoms with Gasteiger partial charge >= 0.3 is 0 Å². The lowest BCUT2D eigenvalue weighted by Crippen LogP contribution is -2.27. The highest BCUT2D eigenvalue weighted by atomic mass is 16.2. The molecule has 0 aromatic carbocycles. The number of aromatic nitrogens is 3. The molecule has 1 aromatic rings. The average molecular weight is 290 g/mol. The van der Waals surface area contributed by atoms with Gasteiger partial charge in [-0.25, -0.2) is 4.68 Å². The monoisotopic (exact) mass is 290 g/mol. The molecule has 0 bridgehead atoms. The first-order valence-corrected chi connectivity index (χ1v) is 7.36. The van der Waals surface area contributed by atoms with Crippen molar-refractivity contribution in [3.8, 4) is 0 Å². The number of rotatable bonds is 6. The molecule has 6 nitrogen and oxygen atoms in total. The van der Waals surface area contributed by atoms with E-state index < -0.39 is 0 Å². The van der Waals surface area contributed by atoms with Gasteiger partial charge in [0.25, 0.3) is 0 Å². The summed E-state index contributed by atoms with van der Waals surface area (Å²) in [4.78, 5) is 24.9. The third-order valence-corrected chi connectivity index (χ3v) is 3.85. The Kier molecular flexibility index (Phi) is 4.88. The zero-order chi connectivity index (χ0) is 15.4. The number of Topliss-reactive ketones (excluding diaryl/α,β-unsaturated/α-hetero) is 1. The molecular formula is C15H22N4O2. The van der Waals surface area contributed by atoms with E-state index in [-0.39, 0.29) is 23.7 Å². The van der Waals surface area contributed by atoms with Crippen LogP contribution in [0.3, 0.4) is 0 Å². The Labute approximate surface area is 124 Å². The Morgan fingerprint density at radius 3 is 2.95 bits per heavy atom. The van der Waals surface area contributed by atoms with Crippen molar-refractivity contribution in [2.75, 3.05) is 13.1 Å². The van der Waals surface area contributed by atoms with Gasteiger partial charge in [-0.1, -0.05) is 25.6 Å². The lowest BCUT2D eigenvalue weighted by atomic mass is 10.0. The van der Waals surface area contributed by atoms with E-state index in [1.807, 2.05) is 24.7 Å². The number of nitrogens with zero attached hydrogens (tertiary/aromatic N) is 4. The molecule has 2 heterocycles. The Bertz CT molecular complexity index is 536. The van der Waals surface area contributed by atoms with Crippen LogP contribution in [0.2, 0.25) is 0 Å². The first-order chi connectivity index (χ1) is 10.0. The van der Waals surface area contributed by atoms with Crippen molar-refractivity contribution in [3.05, 3.63) is 24.5 Å². The second kappa shape index (κ2) is 6.65. The van der Waals surface area contributed by atoms with Gasteiger partial charge in [0.05, 0.1) is 11.7 Å². The largest absolute Gasteiger partial charge is 0.337 e. The lowest BCUT2D eigenvalue weighted by molar-refractivity contribution is -0.125. The van der Waals surface area contributed by atoms with Crippen molar-refractivity contribution in [2.24, 2.45) is 5.92 Å². The summed E-state index contributed by atoms with van der Waals surface area (Å²) in [6.07, 6.45) is 5.22. The summed E-state index contributed by atoms with van der Waals surface area (Å²) in [6.45, 7) is 8.67. The van der Waals surface area contributed by atoms with Crippen LogP contribution in [0, 0.1) is 5.92 Å². The van der Waals surface area contributed by atoms with Crippen LogP contribution in [0.1, 0.15) is 38.4 Å². The fourth-order valence-corrected chi connectivity index (χ4v) is 2.43. The van der Waals surface area contributed by atoms with Gasteiger partial charge in [-0.15, -0.1) is 5.10 Å². The number of carbonyl (C=O) groups is 2. The van der Waals surface area contributed by atoms with Crippen LogP contribution in [-0.2, 0) is 16.0 Å². The Morgan fingerprint density at radius 1 is 1.52 bits per heavy atom. The first-order valence-electron chi connectivity index (χ1n) is 7.36. The van der Waals surface area contributed by atoms with Gasteiger partial charge in [-0.3, -0.25) is 9.59 Å². The van der Waals surface area contributed by atoms with Crippen LogP contribution >= 0.6 is 0 Å². The standard InChI is InChI=1S/C15H22N4O2/c1-4-15(21)18-8-7-13(10-18)19-9-12(16-17-19)5-6-14(20)11(2)3/h4,9,11,13H,1,5-8,10H2,2-3H3. The zero-order valence-electron chi connectivity index (χ0n) is 12.7. The van der Waals surface area contributed by atoms with Gasteiger partial charge in [-0.2, -0.15) is 0 Å². The second-order valence-corrected chi connectivity index (χ2v) is 5.74. The number of carbonyl (C=O) groups excluding carboxylic acids is 2. The fraction of sp³-hybridized carbons (Fsp3) is 0.600. The number of ketones is 1. The SMILES string of the molecule is C=CC(=O)N1CCC(n2cc(CCC(=O)C(C)C)nn2)C1. The molecule has 21 heavy (non-hydrogen) atoms. The number of hydrogen-bond donors (Lipinski definition) is 0. The Balaban J connectivity index is 1.90. The van der Waals surface area contributed by atoms with E-state index in [0.717, 1.165) is 18.7 Å². The minimum absolute atomic E-state index is 0.0413. The third kappa shape index (κ3) is 3.77. The lowest BCUT2D eigenvalue weighted by Gasteiger charge is -2.13. The van der Waals surface area contributed by atoms with Crippen LogP contribution in [0.5, 0.6) is 0 Å². The number of aryl methyl sites for hydroxylation is 1. The quantitative estimate of drug-likeness (QED) is 0.743. The summed E-state index contributed by atoms with van der Waals surface area (Å²) in [5, 5.41) is 8.25. The van der Waals surface area contributed by atoms with E-state index in [4.69, 9.17) is 0 Å². The highest BCUT2D eigenvalue weighted by molar-refractivity contribution is 5.87. The summed E-state index contributed by atoms with van der Waals surface area (Å²) in [7, 11) is 0. The van der Waals surface area contributed by atoms with E-state index in [1.165, 1.54) is 6.08 Å². The molecule has 1 aromatic heterocycles. The maximum absolute atomic E-state index is 11.6. The molecule has 0 saturated carbocycles. The fourth-order valence-electron chi connectivity index (χ4n) is 2.43. The molecule has 114 valence electrons. The minimum atomic E-state index is -0.0413. The molecule has 1 fully saturated rings. The molecule has 0 spiro atoms. The topological polar surface area (TPSA) is 68.1 Å². The van der Waals surface area contributed by atoms with Gasteiger partial charge in [0.15, 0.2) is 0 Å². The van der Waals surface area contributed by atoms with Crippen LogP contribution in [0.4, 0.5) is 0 Å². The maximum Gasteiger partial charge on any atom is 0.246 e. The van der Waals surface area contributed by atoms with Gasteiger partial charge in [0.1, 0.15) is 5.78 Å². The predicted molar refractivity (Wildman–Crippen MR) is 78.6 cm³/mol. The van der Waals surface area contributed by atoms with Crippen molar-refractivity contribution in [1.29, 1.82) is 0 Å². The van der Waals surface area contributed by atoms with Crippen molar-refractivity contribution in [1.82, 2.24) is 19.9 Å². The first kappa shape index (κ1) is 15.4. The third-order valence-electron chi connectivity index (χ3n) is 3.85. The Hall–Kier alpha value is -1.98. The number of likely N-dealkylation sites (tertiary alicyclic amines) is 1. The van der Waals surface area contributed by atoms with Gasteiger partial charge < -0.3 is 4.90 Å². The molecular weight excluding hydrogens is 268 g/mol.